The van der Waals surface area contributed by atoms with Crippen molar-refractivity contribution in [3.05, 3.63) is 59.7 Å². The van der Waals surface area contributed by atoms with E-state index in [9.17, 15) is 4.79 Å². The first-order valence-corrected chi connectivity index (χ1v) is 8.10. The lowest BCUT2D eigenvalue weighted by molar-refractivity contribution is -0.120. The van der Waals surface area contributed by atoms with Crippen molar-refractivity contribution in [2.75, 3.05) is 7.11 Å². The molecule has 2 aromatic carbocycles. The smallest absolute Gasteiger partial charge is 0.233 e. The van der Waals surface area contributed by atoms with E-state index in [4.69, 9.17) is 4.74 Å². The van der Waals surface area contributed by atoms with Crippen molar-refractivity contribution in [2.45, 2.75) is 30.5 Å². The van der Waals surface area contributed by atoms with Crippen LogP contribution in [-0.2, 0) is 11.3 Å². The zero-order valence-electron chi connectivity index (χ0n) is 13.1. The van der Waals surface area contributed by atoms with Crippen molar-refractivity contribution in [3.8, 4) is 5.75 Å². The van der Waals surface area contributed by atoms with Crippen molar-refractivity contribution >= 4 is 17.7 Å². The highest BCUT2D eigenvalue weighted by Crippen LogP contribution is 2.25. The molecule has 4 heteroatoms. The lowest BCUT2D eigenvalue weighted by Gasteiger charge is -2.12. The molecule has 3 nitrogen and oxygen atoms in total. The largest absolute Gasteiger partial charge is 0.497 e. The third kappa shape index (κ3) is 4.81. The molecule has 2 rings (SSSR count). The van der Waals surface area contributed by atoms with Crippen LogP contribution in [0.15, 0.2) is 53.4 Å². The predicted molar refractivity (Wildman–Crippen MR) is 91.3 cm³/mol. The second-order valence-electron chi connectivity index (χ2n) is 5.14. The minimum absolute atomic E-state index is 0.0430. The summed E-state index contributed by atoms with van der Waals surface area (Å²) in [6.07, 6.45) is 0. The monoisotopic (exact) mass is 315 g/mol. The molecule has 0 aliphatic heterocycles. The van der Waals surface area contributed by atoms with Crippen LogP contribution in [-0.4, -0.2) is 18.3 Å². The van der Waals surface area contributed by atoms with Gasteiger partial charge in [-0.3, -0.25) is 4.79 Å². The van der Waals surface area contributed by atoms with Crippen molar-refractivity contribution in [2.24, 2.45) is 0 Å². The first kappa shape index (κ1) is 16.4. The molecule has 0 spiro atoms. The van der Waals surface area contributed by atoms with Gasteiger partial charge < -0.3 is 10.1 Å². The lowest BCUT2D eigenvalue weighted by Crippen LogP contribution is -2.30. The summed E-state index contributed by atoms with van der Waals surface area (Å²) in [5, 5.41) is 2.84. The number of carbonyl (C=O) groups is 1. The van der Waals surface area contributed by atoms with Crippen LogP contribution >= 0.6 is 11.8 Å². The number of benzene rings is 2. The second kappa shape index (κ2) is 7.90. The SMILES string of the molecule is COc1ccc(SC(C)C(=O)NCc2ccc(C)cc2)cc1. The van der Waals surface area contributed by atoms with E-state index in [2.05, 4.69) is 24.4 Å². The van der Waals surface area contributed by atoms with Crippen LogP contribution in [0.1, 0.15) is 18.1 Å². The van der Waals surface area contributed by atoms with Crippen LogP contribution in [0.5, 0.6) is 5.75 Å². The lowest BCUT2D eigenvalue weighted by atomic mass is 10.1. The third-order valence-electron chi connectivity index (χ3n) is 3.33. The van der Waals surface area contributed by atoms with Gasteiger partial charge in [0.15, 0.2) is 0 Å². The molecule has 0 aliphatic carbocycles. The molecule has 1 atom stereocenters. The predicted octanol–water partition coefficient (Wildman–Crippen LogP) is 3.80. The molecular formula is C18H21NO2S. The van der Waals surface area contributed by atoms with Gasteiger partial charge in [-0.25, -0.2) is 0 Å². The van der Waals surface area contributed by atoms with Crippen molar-refractivity contribution < 1.29 is 9.53 Å². The molecule has 0 saturated carbocycles. The van der Waals surface area contributed by atoms with E-state index in [0.717, 1.165) is 16.2 Å². The summed E-state index contributed by atoms with van der Waals surface area (Å²) in [4.78, 5) is 13.2. The van der Waals surface area contributed by atoms with Crippen LogP contribution in [0.2, 0.25) is 0 Å². The highest BCUT2D eigenvalue weighted by Gasteiger charge is 2.14. The summed E-state index contributed by atoms with van der Waals surface area (Å²) < 4.78 is 5.13. The highest BCUT2D eigenvalue weighted by atomic mass is 32.2. The van der Waals surface area contributed by atoms with E-state index in [1.165, 1.54) is 5.56 Å². The van der Waals surface area contributed by atoms with Crippen molar-refractivity contribution in [3.63, 3.8) is 0 Å². The molecule has 22 heavy (non-hydrogen) atoms. The van der Waals surface area contributed by atoms with Crippen LogP contribution in [0.25, 0.3) is 0 Å². The molecule has 0 aromatic heterocycles. The molecule has 1 amide bonds. The van der Waals surface area contributed by atoms with E-state index in [1.807, 2.05) is 43.3 Å². The Bertz CT molecular complexity index is 608. The molecule has 0 heterocycles. The van der Waals surface area contributed by atoms with Gasteiger partial charge in [0.2, 0.25) is 5.91 Å². The van der Waals surface area contributed by atoms with Gasteiger partial charge in [-0.15, -0.1) is 11.8 Å². The van der Waals surface area contributed by atoms with Crippen molar-refractivity contribution in [1.82, 2.24) is 5.32 Å². The average Bonchev–Trinajstić information content (AvgIpc) is 2.54. The Kier molecular flexibility index (Phi) is 5.90. The molecular weight excluding hydrogens is 294 g/mol. The summed E-state index contributed by atoms with van der Waals surface area (Å²) in [7, 11) is 1.64. The average molecular weight is 315 g/mol. The van der Waals surface area contributed by atoms with Gasteiger partial charge in [-0.1, -0.05) is 29.8 Å². The Morgan fingerprint density at radius 1 is 1.14 bits per heavy atom. The van der Waals surface area contributed by atoms with E-state index in [-0.39, 0.29) is 11.2 Å². The fourth-order valence-corrected chi connectivity index (χ4v) is 2.84. The number of hydrogen-bond acceptors (Lipinski definition) is 3. The van der Waals surface area contributed by atoms with E-state index < -0.39 is 0 Å². The number of thioether (sulfide) groups is 1. The summed E-state index contributed by atoms with van der Waals surface area (Å²) in [6.45, 7) is 4.53. The minimum atomic E-state index is -0.140. The number of ether oxygens (including phenoxy) is 1. The summed E-state index contributed by atoms with van der Waals surface area (Å²) >= 11 is 1.54. The number of carbonyl (C=O) groups excluding carboxylic acids is 1. The number of aryl methyl sites for hydroxylation is 1. The molecule has 1 N–H and O–H groups in total. The Labute approximate surface area is 136 Å². The second-order valence-corrected chi connectivity index (χ2v) is 6.55. The van der Waals surface area contributed by atoms with Gasteiger partial charge in [0.25, 0.3) is 0 Å². The van der Waals surface area contributed by atoms with E-state index in [0.29, 0.717) is 6.54 Å². The highest BCUT2D eigenvalue weighted by molar-refractivity contribution is 8.00. The Hall–Kier alpha value is -1.94. The van der Waals surface area contributed by atoms with Gasteiger partial charge in [-0.05, 0) is 43.7 Å². The quantitative estimate of drug-likeness (QED) is 0.824. The first-order valence-electron chi connectivity index (χ1n) is 7.22. The molecule has 0 radical (unpaired) electrons. The van der Waals surface area contributed by atoms with Crippen LogP contribution < -0.4 is 10.1 Å². The molecule has 0 saturated heterocycles. The molecule has 2 aromatic rings. The number of nitrogens with one attached hydrogen (secondary N) is 1. The number of rotatable bonds is 6. The zero-order chi connectivity index (χ0) is 15.9. The van der Waals surface area contributed by atoms with Gasteiger partial charge in [0.05, 0.1) is 12.4 Å². The van der Waals surface area contributed by atoms with Gasteiger partial charge in [0.1, 0.15) is 5.75 Å². The normalized spacial score (nSPS) is 11.8. The van der Waals surface area contributed by atoms with Crippen LogP contribution in [0, 0.1) is 6.92 Å². The van der Waals surface area contributed by atoms with Crippen molar-refractivity contribution in [1.29, 1.82) is 0 Å². The maximum atomic E-state index is 12.2. The summed E-state index contributed by atoms with van der Waals surface area (Å²) in [5.41, 5.74) is 2.33. The number of amides is 1. The summed E-state index contributed by atoms with van der Waals surface area (Å²) in [6, 6.07) is 15.9. The Morgan fingerprint density at radius 3 is 2.36 bits per heavy atom. The van der Waals surface area contributed by atoms with Crippen LogP contribution in [0.3, 0.4) is 0 Å². The molecule has 0 fully saturated rings. The van der Waals surface area contributed by atoms with E-state index >= 15 is 0 Å². The molecule has 0 aliphatic rings. The number of hydrogen-bond donors (Lipinski definition) is 1. The molecule has 0 bridgehead atoms. The van der Waals surface area contributed by atoms with Gasteiger partial charge in [0, 0.05) is 11.4 Å². The standard InChI is InChI=1S/C18H21NO2S/c1-13-4-6-15(7-5-13)12-19-18(20)14(2)22-17-10-8-16(21-3)9-11-17/h4-11,14H,12H2,1-3H3,(H,19,20). The van der Waals surface area contributed by atoms with Crippen LogP contribution in [0.4, 0.5) is 0 Å². The topological polar surface area (TPSA) is 38.3 Å². The van der Waals surface area contributed by atoms with Gasteiger partial charge in [-0.2, -0.15) is 0 Å². The Morgan fingerprint density at radius 2 is 1.77 bits per heavy atom. The number of methoxy groups -OCH3 is 1. The maximum Gasteiger partial charge on any atom is 0.233 e. The summed E-state index contributed by atoms with van der Waals surface area (Å²) in [5.74, 6) is 0.863. The zero-order valence-corrected chi connectivity index (χ0v) is 13.9. The van der Waals surface area contributed by atoms with Gasteiger partial charge >= 0.3 is 0 Å². The molecule has 116 valence electrons. The minimum Gasteiger partial charge on any atom is -0.497 e. The van der Waals surface area contributed by atoms with E-state index in [1.54, 1.807) is 18.9 Å². The fraction of sp³-hybridized carbons (Fsp3) is 0.278. The fourth-order valence-electron chi connectivity index (χ4n) is 1.95. The Balaban J connectivity index is 1.84. The maximum absolute atomic E-state index is 12.2. The third-order valence-corrected chi connectivity index (χ3v) is 4.44. The molecule has 1 unspecified atom stereocenters. The first-order chi connectivity index (χ1) is 10.6.